The zero-order valence-corrected chi connectivity index (χ0v) is 23.2. The highest BCUT2D eigenvalue weighted by molar-refractivity contribution is 5.64. The second kappa shape index (κ2) is 11.7. The van der Waals surface area contributed by atoms with Crippen molar-refractivity contribution in [2.45, 2.75) is 69.7 Å². The molecule has 2 saturated heterocycles. The number of halogens is 1. The van der Waals surface area contributed by atoms with Crippen LogP contribution in [0, 0.1) is 5.92 Å². The van der Waals surface area contributed by atoms with Gasteiger partial charge >= 0.3 is 0 Å². The molecule has 1 aliphatic carbocycles. The van der Waals surface area contributed by atoms with Gasteiger partial charge in [-0.3, -0.25) is 15.2 Å². The predicted octanol–water partition coefficient (Wildman–Crippen LogP) is 3.54. The quantitative estimate of drug-likeness (QED) is 0.429. The fourth-order valence-electron chi connectivity index (χ4n) is 7.06. The van der Waals surface area contributed by atoms with Gasteiger partial charge in [0, 0.05) is 50.6 Å². The van der Waals surface area contributed by atoms with Crippen LogP contribution in [0.3, 0.4) is 0 Å². The Kier molecular flexibility index (Phi) is 8.05. The molecule has 6 atom stereocenters. The number of morpholine rings is 1. The molecular formula is C30H43FN6O2. The second-order valence-corrected chi connectivity index (χ2v) is 11.7. The Balaban J connectivity index is 1.10. The lowest BCUT2D eigenvalue weighted by Crippen LogP contribution is -2.45. The number of hydrogen-bond donors (Lipinski definition) is 4. The lowest BCUT2D eigenvalue weighted by atomic mass is 9.71. The third-order valence-corrected chi connectivity index (χ3v) is 9.49. The van der Waals surface area contributed by atoms with Crippen molar-refractivity contribution in [3.8, 4) is 5.75 Å². The highest BCUT2D eigenvalue weighted by Gasteiger charge is 2.48. The number of H-pyrrole nitrogens is 1. The number of alkyl halides is 1. The number of aryl methyl sites for hydroxylation is 1. The number of ether oxygens (including phenoxy) is 1. The van der Waals surface area contributed by atoms with Crippen LogP contribution in [0.2, 0.25) is 0 Å². The Morgan fingerprint density at radius 1 is 1.15 bits per heavy atom. The fraction of sp³-hybridized carbons (Fsp3) is 0.633. The first-order valence-electron chi connectivity index (χ1n) is 14.8. The van der Waals surface area contributed by atoms with E-state index in [1.165, 1.54) is 5.57 Å². The Morgan fingerprint density at radius 2 is 2.00 bits per heavy atom. The molecular weight excluding hydrogens is 495 g/mol. The summed E-state index contributed by atoms with van der Waals surface area (Å²) >= 11 is 0. The smallest absolute Gasteiger partial charge is 0.125 e. The molecule has 9 heteroatoms. The number of hydrazine groups is 1. The number of aromatic nitrogens is 2. The lowest BCUT2D eigenvalue weighted by Gasteiger charge is -2.36. The number of fused-ring (bicyclic) bond motifs is 1. The summed E-state index contributed by atoms with van der Waals surface area (Å²) in [6, 6.07) is 5.59. The van der Waals surface area contributed by atoms with Crippen LogP contribution in [0.15, 0.2) is 30.5 Å². The van der Waals surface area contributed by atoms with Crippen LogP contribution >= 0.6 is 0 Å². The van der Waals surface area contributed by atoms with E-state index in [0.29, 0.717) is 6.04 Å². The number of hydrogen-bond acceptors (Lipinski definition) is 7. The molecule has 3 fully saturated rings. The first kappa shape index (κ1) is 26.9. The van der Waals surface area contributed by atoms with Gasteiger partial charge in [0.1, 0.15) is 17.7 Å². The van der Waals surface area contributed by atoms with Gasteiger partial charge in [-0.2, -0.15) is 0 Å². The molecule has 4 N–H and O–H groups in total. The molecule has 3 aliphatic heterocycles. The van der Waals surface area contributed by atoms with E-state index in [1.807, 2.05) is 12.3 Å². The molecule has 4 heterocycles. The summed E-state index contributed by atoms with van der Waals surface area (Å²) in [5, 5.41) is 9.91. The van der Waals surface area contributed by atoms with Crippen molar-refractivity contribution >= 4 is 5.57 Å². The van der Waals surface area contributed by atoms with Crippen molar-refractivity contribution in [1.29, 1.82) is 0 Å². The molecule has 0 radical (unpaired) electrons. The Hall–Kier alpha value is -2.30. The van der Waals surface area contributed by atoms with Gasteiger partial charge in [-0.15, -0.1) is 0 Å². The van der Waals surface area contributed by atoms with E-state index >= 15 is 4.39 Å². The molecule has 39 heavy (non-hydrogen) atoms. The standard InChI is InChI=1S/C30H43FN6O2/c1-3-20-16-22(38)6-7-23(20)24-8-9-25-28(27(24)31)34-35-29(25)30-32-17-26(33-30)21-5-4-19(2)37(18-21)11-10-36-12-14-39-15-13-36/h5-7,16-17,19,24-25,27-29,34-35,38H,3-4,8-15,18H2,1-2H3,(H,32,33)/t19-,24?,25?,27?,28?,29?/m0/s1. The molecule has 0 amide bonds. The van der Waals surface area contributed by atoms with Crippen LogP contribution < -0.4 is 10.9 Å². The first-order valence-corrected chi connectivity index (χ1v) is 14.8. The third kappa shape index (κ3) is 5.52. The van der Waals surface area contributed by atoms with Crippen LogP contribution in [0.25, 0.3) is 5.57 Å². The Morgan fingerprint density at radius 3 is 2.82 bits per heavy atom. The summed E-state index contributed by atoms with van der Waals surface area (Å²) in [7, 11) is 0. The lowest BCUT2D eigenvalue weighted by molar-refractivity contribution is 0.0320. The molecule has 212 valence electrons. The highest BCUT2D eigenvalue weighted by atomic mass is 19.1. The van der Waals surface area contributed by atoms with E-state index < -0.39 is 6.17 Å². The van der Waals surface area contributed by atoms with Crippen LogP contribution in [0.5, 0.6) is 5.75 Å². The number of imidazole rings is 1. The number of nitrogens with one attached hydrogen (secondary N) is 3. The largest absolute Gasteiger partial charge is 0.508 e. The topological polar surface area (TPSA) is 88.7 Å². The molecule has 6 rings (SSSR count). The van der Waals surface area contributed by atoms with Gasteiger partial charge in [-0.25, -0.2) is 14.8 Å². The summed E-state index contributed by atoms with van der Waals surface area (Å²) in [6.45, 7) is 11.1. The zero-order chi connectivity index (χ0) is 26.9. The maximum absolute atomic E-state index is 16.0. The summed E-state index contributed by atoms with van der Waals surface area (Å²) in [5.74, 6) is 1.09. The minimum Gasteiger partial charge on any atom is -0.508 e. The number of phenolic OH excluding ortho intramolecular Hbond substituents is 1. The Bertz CT molecular complexity index is 1160. The van der Waals surface area contributed by atoms with Gasteiger partial charge in [0.05, 0.1) is 37.2 Å². The van der Waals surface area contributed by atoms with Crippen molar-refractivity contribution in [2.75, 3.05) is 45.9 Å². The van der Waals surface area contributed by atoms with Gasteiger partial charge in [-0.1, -0.05) is 19.1 Å². The van der Waals surface area contributed by atoms with Crippen molar-refractivity contribution in [3.05, 3.63) is 53.1 Å². The molecule has 1 saturated carbocycles. The number of phenols is 1. The summed E-state index contributed by atoms with van der Waals surface area (Å²) in [6.07, 6.45) is 6.81. The number of rotatable bonds is 7. The molecule has 4 aliphatic rings. The van der Waals surface area contributed by atoms with Crippen molar-refractivity contribution in [2.24, 2.45) is 5.92 Å². The SMILES string of the molecule is CCc1cc(O)ccc1C1CCC2C(c3ncc(C4=CC[C@H](C)N(CCN5CCOCC5)C4)[nH]3)NNC2C1F. The van der Waals surface area contributed by atoms with Crippen molar-refractivity contribution in [3.63, 3.8) is 0 Å². The van der Waals surface area contributed by atoms with Gasteiger partial charge in [-0.05, 0) is 61.4 Å². The third-order valence-electron chi connectivity index (χ3n) is 9.49. The summed E-state index contributed by atoms with van der Waals surface area (Å²) in [4.78, 5) is 13.4. The van der Waals surface area contributed by atoms with Crippen molar-refractivity contribution < 1.29 is 14.2 Å². The molecule has 1 aromatic heterocycles. The number of aromatic hydroxyl groups is 1. The average Bonchev–Trinajstić information content (AvgIpc) is 3.62. The average molecular weight is 539 g/mol. The number of nitrogens with zero attached hydrogens (tertiary/aromatic N) is 3. The highest BCUT2D eigenvalue weighted by Crippen LogP contribution is 2.45. The van der Waals surface area contributed by atoms with Gasteiger partial charge < -0.3 is 14.8 Å². The molecule has 0 spiro atoms. The van der Waals surface area contributed by atoms with Crippen LogP contribution in [0.1, 0.15) is 67.7 Å². The number of aromatic amines is 1. The van der Waals surface area contributed by atoms with Crippen LogP contribution in [0.4, 0.5) is 4.39 Å². The maximum atomic E-state index is 16.0. The maximum Gasteiger partial charge on any atom is 0.125 e. The van der Waals surface area contributed by atoms with Crippen molar-refractivity contribution in [1.82, 2.24) is 30.6 Å². The minimum atomic E-state index is -1.01. The molecule has 1 aromatic carbocycles. The van der Waals surface area contributed by atoms with E-state index in [-0.39, 0.29) is 29.7 Å². The summed E-state index contributed by atoms with van der Waals surface area (Å²) in [5.41, 5.74) is 11.1. The van der Waals surface area contributed by atoms with Crippen LogP contribution in [-0.2, 0) is 11.2 Å². The predicted molar refractivity (Wildman–Crippen MR) is 150 cm³/mol. The molecule has 2 aromatic rings. The molecule has 0 bridgehead atoms. The zero-order valence-electron chi connectivity index (χ0n) is 23.2. The Labute approximate surface area is 231 Å². The van der Waals surface area contributed by atoms with Gasteiger partial charge in [0.2, 0.25) is 0 Å². The fourth-order valence-corrected chi connectivity index (χ4v) is 7.06. The second-order valence-electron chi connectivity index (χ2n) is 11.7. The first-order chi connectivity index (χ1) is 19.0. The van der Waals surface area contributed by atoms with Gasteiger partial charge in [0.25, 0.3) is 0 Å². The van der Waals surface area contributed by atoms with E-state index in [1.54, 1.807) is 12.1 Å². The van der Waals surface area contributed by atoms with E-state index in [4.69, 9.17) is 9.72 Å². The number of benzene rings is 1. The van der Waals surface area contributed by atoms with Gasteiger partial charge in [0.15, 0.2) is 0 Å². The molecule has 5 unspecified atom stereocenters. The van der Waals surface area contributed by atoms with E-state index in [2.05, 4.69) is 45.6 Å². The van der Waals surface area contributed by atoms with E-state index in [0.717, 1.165) is 94.3 Å². The van der Waals surface area contributed by atoms with Crippen LogP contribution in [-0.4, -0.2) is 89.1 Å². The van der Waals surface area contributed by atoms with E-state index in [9.17, 15) is 5.11 Å². The monoisotopic (exact) mass is 538 g/mol. The summed E-state index contributed by atoms with van der Waals surface area (Å²) < 4.78 is 21.5. The molecule has 8 nitrogen and oxygen atoms in total. The minimum absolute atomic E-state index is 0.0473. The normalized spacial score (nSPS) is 32.2.